The second-order valence-electron chi connectivity index (χ2n) is 5.45. The molecule has 0 bridgehead atoms. The highest BCUT2D eigenvalue weighted by molar-refractivity contribution is 7.15. The van der Waals surface area contributed by atoms with E-state index in [1.54, 1.807) is 0 Å². The molecule has 1 amide bonds. The number of carbonyl (C=O) groups is 2. The third kappa shape index (κ3) is 2.79. The molecule has 0 aliphatic carbocycles. The van der Waals surface area contributed by atoms with Crippen LogP contribution in [0.1, 0.15) is 31.8 Å². The van der Waals surface area contributed by atoms with E-state index in [2.05, 4.69) is 4.98 Å². The topological polar surface area (TPSA) is 79.7 Å². The molecule has 8 heteroatoms. The van der Waals surface area contributed by atoms with Gasteiger partial charge < -0.3 is 14.7 Å². The Morgan fingerprint density at radius 1 is 1.60 bits per heavy atom. The Hall–Kier alpha value is -1.18. The van der Waals surface area contributed by atoms with Crippen LogP contribution in [0.4, 0.5) is 0 Å². The Kier molecular flexibility index (Phi) is 4.04. The minimum absolute atomic E-state index is 0.246. The van der Waals surface area contributed by atoms with E-state index < -0.39 is 23.7 Å². The summed E-state index contributed by atoms with van der Waals surface area (Å²) < 4.78 is 5.63. The van der Waals surface area contributed by atoms with Gasteiger partial charge in [0.05, 0.1) is 6.20 Å². The molecule has 1 aromatic heterocycles. The van der Waals surface area contributed by atoms with Gasteiger partial charge in [0.1, 0.15) is 22.0 Å². The van der Waals surface area contributed by atoms with Crippen molar-refractivity contribution in [3.63, 3.8) is 0 Å². The minimum Gasteiger partial charge on any atom is -0.479 e. The number of rotatable bonds is 2. The Bertz CT molecular complexity index is 540. The van der Waals surface area contributed by atoms with Crippen LogP contribution in [0.25, 0.3) is 0 Å². The van der Waals surface area contributed by atoms with Crippen LogP contribution in [0, 0.1) is 0 Å². The molecular weight excluding hydrogens is 304 g/mol. The van der Waals surface area contributed by atoms with Crippen molar-refractivity contribution in [1.29, 1.82) is 0 Å². The number of aliphatic carboxylic acids is 1. The van der Waals surface area contributed by atoms with Gasteiger partial charge in [0.25, 0.3) is 0 Å². The number of hydrogen-bond acceptors (Lipinski definition) is 5. The lowest BCUT2D eigenvalue weighted by Gasteiger charge is -2.45. The van der Waals surface area contributed by atoms with Gasteiger partial charge in [-0.15, -0.1) is 11.3 Å². The van der Waals surface area contributed by atoms with Crippen LogP contribution in [-0.4, -0.2) is 45.1 Å². The lowest BCUT2D eigenvalue weighted by atomic mass is 9.98. The zero-order chi connectivity index (χ0) is 15.1. The molecule has 20 heavy (non-hydrogen) atoms. The highest BCUT2D eigenvalue weighted by Gasteiger charge is 2.47. The Morgan fingerprint density at radius 2 is 2.25 bits per heavy atom. The van der Waals surface area contributed by atoms with E-state index >= 15 is 0 Å². The molecule has 2 atom stereocenters. The largest absolute Gasteiger partial charge is 0.479 e. The van der Waals surface area contributed by atoms with Gasteiger partial charge in [-0.2, -0.15) is 0 Å². The molecule has 1 aromatic rings. The van der Waals surface area contributed by atoms with Crippen molar-refractivity contribution in [2.45, 2.75) is 38.5 Å². The van der Waals surface area contributed by atoms with Crippen molar-refractivity contribution in [3.05, 3.63) is 15.5 Å². The van der Waals surface area contributed by atoms with Gasteiger partial charge in [0.15, 0.2) is 6.10 Å². The first kappa shape index (κ1) is 15.2. The van der Waals surface area contributed by atoms with E-state index in [1.807, 2.05) is 20.8 Å². The summed E-state index contributed by atoms with van der Waals surface area (Å²) in [7, 11) is 0. The molecular formula is C12H15ClN2O4S. The summed E-state index contributed by atoms with van der Waals surface area (Å²) in [4.78, 5) is 29.2. The fourth-order valence-electron chi connectivity index (χ4n) is 2.25. The number of halogens is 1. The quantitative estimate of drug-likeness (QED) is 0.901. The highest BCUT2D eigenvalue weighted by atomic mass is 35.5. The third-order valence-electron chi connectivity index (χ3n) is 2.93. The van der Waals surface area contributed by atoms with Gasteiger partial charge in [-0.3, -0.25) is 4.79 Å². The van der Waals surface area contributed by atoms with E-state index in [0.29, 0.717) is 9.34 Å². The number of carbonyl (C=O) groups excluding carboxylic acids is 1. The van der Waals surface area contributed by atoms with Crippen molar-refractivity contribution < 1.29 is 19.4 Å². The standard InChI is InChI=1S/C12H15ClN2O4S/c1-12(2,3)15-7(16)5-19-9(11(17)18)8(15)10-14-4-6(13)20-10/h4,8-9H,5H2,1-3H3,(H,17,18). The average molecular weight is 319 g/mol. The summed E-state index contributed by atoms with van der Waals surface area (Å²) in [5.41, 5.74) is -0.544. The maximum absolute atomic E-state index is 12.2. The van der Waals surface area contributed by atoms with Crippen molar-refractivity contribution in [3.8, 4) is 0 Å². The zero-order valence-electron chi connectivity index (χ0n) is 11.3. The number of ether oxygens (including phenoxy) is 1. The summed E-state index contributed by atoms with van der Waals surface area (Å²) in [6, 6.07) is -0.772. The number of hydrogen-bond donors (Lipinski definition) is 1. The van der Waals surface area contributed by atoms with Crippen LogP contribution in [0.2, 0.25) is 4.34 Å². The van der Waals surface area contributed by atoms with Gasteiger partial charge in [0.2, 0.25) is 5.91 Å². The summed E-state index contributed by atoms with van der Waals surface area (Å²) in [6.07, 6.45) is 0.301. The van der Waals surface area contributed by atoms with Crippen molar-refractivity contribution >= 4 is 34.8 Å². The van der Waals surface area contributed by atoms with Gasteiger partial charge in [-0.1, -0.05) is 11.6 Å². The fourth-order valence-corrected chi connectivity index (χ4v) is 3.30. The van der Waals surface area contributed by atoms with Gasteiger partial charge in [-0.25, -0.2) is 9.78 Å². The first-order valence-electron chi connectivity index (χ1n) is 5.99. The number of morpholine rings is 1. The molecule has 110 valence electrons. The predicted octanol–water partition coefficient (Wildman–Crippen LogP) is 1.95. The van der Waals surface area contributed by atoms with Crippen LogP contribution >= 0.6 is 22.9 Å². The Morgan fingerprint density at radius 3 is 2.70 bits per heavy atom. The molecule has 1 fully saturated rings. The van der Waals surface area contributed by atoms with E-state index in [1.165, 1.54) is 11.1 Å². The smallest absolute Gasteiger partial charge is 0.335 e. The van der Waals surface area contributed by atoms with Crippen molar-refractivity contribution in [1.82, 2.24) is 9.88 Å². The molecule has 0 saturated carbocycles. The zero-order valence-corrected chi connectivity index (χ0v) is 12.9. The lowest BCUT2D eigenvalue weighted by molar-refractivity contribution is -0.179. The molecule has 0 spiro atoms. The molecule has 1 aliphatic rings. The van der Waals surface area contributed by atoms with Gasteiger partial charge in [0, 0.05) is 5.54 Å². The first-order chi connectivity index (χ1) is 9.21. The average Bonchev–Trinajstić information content (AvgIpc) is 2.73. The third-order valence-corrected chi connectivity index (χ3v) is 4.12. The summed E-state index contributed by atoms with van der Waals surface area (Å²) in [5, 5.41) is 9.79. The molecule has 0 aromatic carbocycles. The molecule has 1 N–H and O–H groups in total. The molecule has 1 aliphatic heterocycles. The molecule has 2 heterocycles. The summed E-state index contributed by atoms with van der Waals surface area (Å²) in [5.74, 6) is -1.38. The number of aromatic nitrogens is 1. The van der Waals surface area contributed by atoms with E-state index in [-0.39, 0.29) is 12.5 Å². The van der Waals surface area contributed by atoms with E-state index in [9.17, 15) is 14.7 Å². The van der Waals surface area contributed by atoms with Crippen molar-refractivity contribution in [2.75, 3.05) is 6.61 Å². The van der Waals surface area contributed by atoms with E-state index in [0.717, 1.165) is 11.3 Å². The summed E-state index contributed by atoms with van der Waals surface area (Å²) >= 11 is 7.02. The maximum Gasteiger partial charge on any atom is 0.335 e. The lowest BCUT2D eigenvalue weighted by Crippen LogP contribution is -2.58. The van der Waals surface area contributed by atoms with Gasteiger partial charge in [-0.05, 0) is 20.8 Å². The maximum atomic E-state index is 12.2. The van der Waals surface area contributed by atoms with Crippen LogP contribution in [0.3, 0.4) is 0 Å². The molecule has 1 saturated heterocycles. The molecule has 0 radical (unpaired) electrons. The number of nitrogens with zero attached hydrogens (tertiary/aromatic N) is 2. The number of thiazole rings is 1. The minimum atomic E-state index is -1.14. The van der Waals surface area contributed by atoms with Gasteiger partial charge >= 0.3 is 5.97 Å². The van der Waals surface area contributed by atoms with Crippen LogP contribution < -0.4 is 0 Å². The number of carboxylic acids is 1. The van der Waals surface area contributed by atoms with E-state index in [4.69, 9.17) is 16.3 Å². The highest BCUT2D eigenvalue weighted by Crippen LogP contribution is 2.38. The van der Waals surface area contributed by atoms with Crippen LogP contribution in [0.5, 0.6) is 0 Å². The van der Waals surface area contributed by atoms with Crippen molar-refractivity contribution in [2.24, 2.45) is 0 Å². The predicted molar refractivity (Wildman–Crippen MR) is 73.8 cm³/mol. The second-order valence-corrected chi connectivity index (χ2v) is 7.15. The Labute approximate surface area is 125 Å². The fraction of sp³-hybridized carbons (Fsp3) is 0.583. The first-order valence-corrected chi connectivity index (χ1v) is 7.19. The molecule has 6 nitrogen and oxygen atoms in total. The molecule has 2 unspecified atom stereocenters. The number of amides is 1. The van der Waals surface area contributed by atoms with Crippen LogP contribution in [0.15, 0.2) is 6.20 Å². The monoisotopic (exact) mass is 318 g/mol. The number of carboxylic acid groups (broad SMARTS) is 1. The Balaban J connectivity index is 2.50. The summed E-state index contributed by atoms with van der Waals surface area (Å²) in [6.45, 7) is 5.29. The second kappa shape index (κ2) is 5.31. The van der Waals surface area contributed by atoms with Crippen LogP contribution in [-0.2, 0) is 14.3 Å². The molecule has 2 rings (SSSR count). The normalized spacial score (nSPS) is 24.0. The SMILES string of the molecule is CC(C)(C)N1C(=O)COC(C(=O)O)C1c1ncc(Cl)s1.